The summed E-state index contributed by atoms with van der Waals surface area (Å²) in [6, 6.07) is 17.4. The Hall–Kier alpha value is -6.47. The number of aromatic amines is 1. The Morgan fingerprint density at radius 2 is 1.67 bits per heavy atom. The maximum atomic E-state index is 15.2. The second-order valence-electron chi connectivity index (χ2n) is 19.4. The first-order valence-corrected chi connectivity index (χ1v) is 24.4. The second-order valence-corrected chi connectivity index (χ2v) is 19.4. The van der Waals surface area contributed by atoms with E-state index in [9.17, 15) is 24.3 Å². The van der Waals surface area contributed by atoms with Gasteiger partial charge in [-0.15, -0.1) is 0 Å². The average Bonchev–Trinajstić information content (AvgIpc) is 3.96. The second kappa shape index (κ2) is 21.3. The first-order chi connectivity index (χ1) is 33.8. The number of β-amino-alcohol motifs (C(OH)–C–C–N with tert-alkyl or cyclic N) is 1. The number of aliphatic hydroxyl groups is 1. The van der Waals surface area contributed by atoms with E-state index < -0.39 is 18.0 Å². The zero-order chi connectivity index (χ0) is 49.1. The largest absolute Gasteiger partial charge is 0.495 e. The van der Waals surface area contributed by atoms with E-state index in [2.05, 4.69) is 73.5 Å². The van der Waals surface area contributed by atoms with Gasteiger partial charge in [-0.25, -0.2) is 23.9 Å². The number of methoxy groups -OCH3 is 1. The first kappa shape index (κ1) is 48.5. The van der Waals surface area contributed by atoms with Crippen molar-refractivity contribution in [2.75, 3.05) is 89.4 Å². The van der Waals surface area contributed by atoms with Crippen LogP contribution in [0, 0.1) is 24.6 Å². The van der Waals surface area contributed by atoms with E-state index in [0.717, 1.165) is 75.2 Å². The van der Waals surface area contributed by atoms with Gasteiger partial charge >= 0.3 is 12.1 Å². The SMILES string of the molecule is COc1ccc(C(=O)N2CCC(OCCN3CCN(Cc4ccc(-c5cc6c(-c7cc(F)cc(NC(=O)N8C[C@H](CC(C)C)[C@@H](O)C8)c7C)ncnc6[nH]5)cc4)CC3)CC2)cc1N1CCC(=O)NC1=O. The first-order valence-electron chi connectivity index (χ1n) is 24.4. The van der Waals surface area contributed by atoms with Crippen LogP contribution in [0.25, 0.3) is 33.5 Å². The third-order valence-electron chi connectivity index (χ3n) is 14.2. The molecule has 3 aromatic carbocycles. The van der Waals surface area contributed by atoms with Crippen molar-refractivity contribution in [1.82, 2.24) is 39.9 Å². The summed E-state index contributed by atoms with van der Waals surface area (Å²) in [5.41, 5.74) is 6.73. The highest BCUT2D eigenvalue weighted by Gasteiger charge is 2.35. The summed E-state index contributed by atoms with van der Waals surface area (Å²) in [6.07, 6.45) is 3.45. The number of nitrogens with zero attached hydrogens (tertiary/aromatic N) is 7. The van der Waals surface area contributed by atoms with Gasteiger partial charge in [0.05, 0.1) is 37.3 Å². The van der Waals surface area contributed by atoms with E-state index in [1.807, 2.05) is 17.9 Å². The highest BCUT2D eigenvalue weighted by molar-refractivity contribution is 6.07. The number of hydrogen-bond acceptors (Lipinski definition) is 11. The molecule has 4 saturated heterocycles. The van der Waals surface area contributed by atoms with E-state index in [1.165, 1.54) is 36.0 Å². The number of urea groups is 2. The molecule has 4 N–H and O–H groups in total. The molecule has 18 heteroatoms. The van der Waals surface area contributed by atoms with Gasteiger partial charge < -0.3 is 34.7 Å². The van der Waals surface area contributed by atoms with Gasteiger partial charge in [0.1, 0.15) is 23.5 Å². The maximum Gasteiger partial charge on any atom is 0.328 e. The van der Waals surface area contributed by atoms with Crippen molar-refractivity contribution in [3.8, 4) is 28.3 Å². The standard InChI is InChI=1S/C52H63FN10O7/c1-32(2)23-37-29-62(30-45(37)64)51(67)57-42-26-38(53)25-40(33(42)3)48-41-27-43(56-49(41)55-31-54-48)35-7-5-34(6-8-35)28-60-19-17-59(18-20-60)21-22-70-39-11-14-61(15-12-39)50(66)36-9-10-46(69-4)44(24-36)63-16-13-47(65)58-52(63)68/h5-10,24-27,31-32,37,39,45,64H,11-23,28-30H2,1-4H3,(H,57,67)(H,54,55,56)(H,58,65,68)/t37-,45-/m0/s1. The van der Waals surface area contributed by atoms with Gasteiger partial charge in [-0.1, -0.05) is 38.1 Å². The number of hydrogen-bond donors (Lipinski definition) is 4. The zero-order valence-corrected chi connectivity index (χ0v) is 40.4. The van der Waals surface area contributed by atoms with E-state index >= 15 is 4.39 Å². The fraction of sp³-hybridized carbons (Fsp3) is 0.462. The van der Waals surface area contributed by atoms with E-state index in [-0.39, 0.29) is 49.4 Å². The molecule has 370 valence electrons. The molecule has 5 aromatic rings. The molecule has 0 unspecified atom stereocenters. The van der Waals surface area contributed by atoms with Gasteiger partial charge in [-0.3, -0.25) is 29.6 Å². The van der Waals surface area contributed by atoms with Crippen LogP contribution in [0.5, 0.6) is 5.75 Å². The average molecular weight is 959 g/mol. The molecule has 17 nitrogen and oxygen atoms in total. The third-order valence-corrected chi connectivity index (χ3v) is 14.2. The molecule has 0 aliphatic carbocycles. The van der Waals surface area contributed by atoms with Crippen LogP contribution in [0.3, 0.4) is 0 Å². The summed E-state index contributed by atoms with van der Waals surface area (Å²) in [4.78, 5) is 73.4. The monoisotopic (exact) mass is 958 g/mol. The fourth-order valence-electron chi connectivity index (χ4n) is 10.2. The van der Waals surface area contributed by atoms with E-state index in [0.29, 0.717) is 77.3 Å². The number of likely N-dealkylation sites (tertiary alicyclic amines) is 2. The normalized spacial score (nSPS) is 19.6. The molecule has 4 aliphatic heterocycles. The predicted octanol–water partition coefficient (Wildman–Crippen LogP) is 6.50. The lowest BCUT2D eigenvalue weighted by atomic mass is 9.95. The number of aliphatic hydroxyl groups excluding tert-OH is 1. The van der Waals surface area contributed by atoms with Crippen LogP contribution in [0.4, 0.5) is 25.4 Å². The Labute approximate surface area is 407 Å². The molecule has 6 heterocycles. The van der Waals surface area contributed by atoms with Crippen LogP contribution < -0.4 is 20.3 Å². The minimum absolute atomic E-state index is 0.00904. The predicted molar refractivity (Wildman–Crippen MR) is 264 cm³/mol. The zero-order valence-electron chi connectivity index (χ0n) is 40.4. The molecular formula is C52H63FN10O7. The molecule has 0 bridgehead atoms. The van der Waals surface area contributed by atoms with Crippen molar-refractivity contribution in [3.63, 3.8) is 0 Å². The van der Waals surface area contributed by atoms with Crippen molar-refractivity contribution in [1.29, 1.82) is 0 Å². The van der Waals surface area contributed by atoms with Gasteiger partial charge in [0, 0.05) is 112 Å². The Morgan fingerprint density at radius 3 is 2.40 bits per heavy atom. The lowest BCUT2D eigenvalue weighted by molar-refractivity contribution is -0.120. The molecule has 70 heavy (non-hydrogen) atoms. The van der Waals surface area contributed by atoms with E-state index in [4.69, 9.17) is 9.47 Å². The third kappa shape index (κ3) is 10.9. The Balaban J connectivity index is 0.730. The number of piperazine rings is 1. The van der Waals surface area contributed by atoms with Crippen molar-refractivity contribution in [2.24, 2.45) is 11.8 Å². The van der Waals surface area contributed by atoms with Gasteiger partial charge in [0.15, 0.2) is 0 Å². The minimum Gasteiger partial charge on any atom is -0.495 e. The summed E-state index contributed by atoms with van der Waals surface area (Å²) in [5, 5.41) is 16.6. The van der Waals surface area contributed by atoms with Gasteiger partial charge in [-0.2, -0.15) is 0 Å². The summed E-state index contributed by atoms with van der Waals surface area (Å²) < 4.78 is 27.0. The number of aromatic nitrogens is 3. The topological polar surface area (TPSA) is 189 Å². The maximum absolute atomic E-state index is 15.2. The Morgan fingerprint density at radius 1 is 0.914 bits per heavy atom. The van der Waals surface area contributed by atoms with E-state index in [1.54, 1.807) is 23.1 Å². The number of amides is 6. The number of fused-ring (bicyclic) bond motifs is 1. The Kier molecular flexibility index (Phi) is 14.7. The number of anilines is 2. The summed E-state index contributed by atoms with van der Waals surface area (Å²) in [7, 11) is 1.51. The van der Waals surface area contributed by atoms with Crippen molar-refractivity contribution in [3.05, 3.63) is 89.5 Å². The summed E-state index contributed by atoms with van der Waals surface area (Å²) in [6.45, 7) is 14.2. The molecule has 0 radical (unpaired) electrons. The minimum atomic E-state index is -0.586. The van der Waals surface area contributed by atoms with Crippen LogP contribution in [0.2, 0.25) is 0 Å². The number of benzene rings is 3. The molecule has 4 aliphatic rings. The van der Waals surface area contributed by atoms with Crippen LogP contribution in [0.15, 0.2) is 67.0 Å². The number of ether oxygens (including phenoxy) is 2. The molecule has 6 amide bonds. The molecule has 4 fully saturated rings. The number of imide groups is 1. The van der Waals surface area contributed by atoms with Crippen LogP contribution in [-0.2, 0) is 16.1 Å². The van der Waals surface area contributed by atoms with Crippen molar-refractivity contribution in [2.45, 2.75) is 65.2 Å². The molecule has 2 atom stereocenters. The van der Waals surface area contributed by atoms with Gasteiger partial charge in [-0.05, 0) is 85.2 Å². The van der Waals surface area contributed by atoms with Crippen molar-refractivity contribution < 1.29 is 38.1 Å². The number of piperidine rings is 1. The lowest BCUT2D eigenvalue weighted by Gasteiger charge is -2.35. The molecule has 9 rings (SSSR count). The molecule has 0 saturated carbocycles. The van der Waals surface area contributed by atoms with Crippen LogP contribution in [-0.4, -0.2) is 155 Å². The molecular weight excluding hydrogens is 896 g/mol. The number of rotatable bonds is 14. The molecule has 2 aromatic heterocycles. The fourth-order valence-corrected chi connectivity index (χ4v) is 10.2. The van der Waals surface area contributed by atoms with Crippen LogP contribution in [0.1, 0.15) is 61.0 Å². The lowest BCUT2D eigenvalue weighted by Crippen LogP contribution is -2.49. The Bertz CT molecular complexity index is 2720. The molecule has 0 spiro atoms. The number of H-pyrrole nitrogens is 1. The highest BCUT2D eigenvalue weighted by Crippen LogP contribution is 2.36. The van der Waals surface area contributed by atoms with Crippen molar-refractivity contribution >= 4 is 46.3 Å². The number of halogens is 1. The number of nitrogens with one attached hydrogen (secondary N) is 3. The highest BCUT2D eigenvalue weighted by atomic mass is 19.1. The number of carbonyl (C=O) groups is 4. The van der Waals surface area contributed by atoms with Gasteiger partial charge in [0.2, 0.25) is 5.91 Å². The summed E-state index contributed by atoms with van der Waals surface area (Å²) >= 11 is 0. The van der Waals surface area contributed by atoms with Crippen LogP contribution >= 0.6 is 0 Å². The smallest absolute Gasteiger partial charge is 0.328 e. The summed E-state index contributed by atoms with van der Waals surface area (Å²) in [5.74, 6) is -0.0751. The van der Waals surface area contributed by atoms with Gasteiger partial charge in [0.25, 0.3) is 5.91 Å². The number of carbonyl (C=O) groups excluding carboxylic acids is 4. The quantitative estimate of drug-likeness (QED) is 0.0951.